The van der Waals surface area contributed by atoms with Gasteiger partial charge in [0.25, 0.3) is 0 Å². The van der Waals surface area contributed by atoms with Crippen LogP contribution in [0, 0.1) is 0 Å². The van der Waals surface area contributed by atoms with Gasteiger partial charge in [-0.05, 0) is 97.6 Å². The molecule has 0 aromatic rings. The van der Waals surface area contributed by atoms with Crippen LogP contribution in [0.25, 0.3) is 0 Å². The first-order chi connectivity index (χ1) is 23.1. The Kier molecular flexibility index (Phi) is 29.9. The molecule has 1 heterocycles. The van der Waals surface area contributed by atoms with E-state index in [-0.39, 0.29) is 11.9 Å². The summed E-state index contributed by atoms with van der Waals surface area (Å²) >= 11 is 0. The summed E-state index contributed by atoms with van der Waals surface area (Å²) in [6.07, 6.45) is 53.2. The topological polar surface area (TPSA) is 21.7 Å². The van der Waals surface area contributed by atoms with Gasteiger partial charge >= 0.3 is 0 Å². The highest BCUT2D eigenvalue weighted by Crippen LogP contribution is 2.36. The third kappa shape index (κ3) is 24.6. The van der Waals surface area contributed by atoms with Crippen LogP contribution < -0.4 is 0 Å². The molecule has 0 spiro atoms. The van der Waals surface area contributed by atoms with Crippen molar-refractivity contribution in [3.63, 3.8) is 0 Å². The fourth-order valence-electron chi connectivity index (χ4n) is 6.88. The molecule has 1 fully saturated rings. The predicted molar refractivity (Wildman–Crippen MR) is 209 cm³/mol. The van der Waals surface area contributed by atoms with Crippen molar-refractivity contribution in [1.29, 1.82) is 0 Å². The lowest BCUT2D eigenvalue weighted by molar-refractivity contribution is -0.184. The Morgan fingerprint density at radius 3 is 1.30 bits per heavy atom. The summed E-state index contributed by atoms with van der Waals surface area (Å²) in [5.41, 5.74) is 0. The van der Waals surface area contributed by atoms with Gasteiger partial charge in [-0.15, -0.1) is 0 Å². The summed E-state index contributed by atoms with van der Waals surface area (Å²) in [4.78, 5) is 2.32. The average Bonchev–Trinajstić information content (AvgIpc) is 3.48. The second kappa shape index (κ2) is 32.1. The number of hydrogen-bond acceptors (Lipinski definition) is 3. The minimum atomic E-state index is -0.349. The van der Waals surface area contributed by atoms with E-state index in [1.54, 1.807) is 0 Å². The van der Waals surface area contributed by atoms with Gasteiger partial charge in [0.15, 0.2) is 5.79 Å². The molecule has 1 saturated heterocycles. The molecule has 2 atom stereocenters. The number of likely N-dealkylation sites (N-methyl/N-ethyl adjacent to an activating group) is 1. The summed E-state index contributed by atoms with van der Waals surface area (Å²) in [5, 5.41) is 0. The summed E-state index contributed by atoms with van der Waals surface area (Å²) in [5.74, 6) is -0.349. The number of allylic oxidation sites excluding steroid dienone is 8. The van der Waals surface area contributed by atoms with Gasteiger partial charge in [0.05, 0.1) is 12.7 Å². The zero-order valence-corrected chi connectivity index (χ0v) is 32.3. The monoisotopic (exact) mass is 656 g/mol. The van der Waals surface area contributed by atoms with Crippen LogP contribution in [-0.4, -0.2) is 43.5 Å². The number of rotatable bonds is 33. The molecule has 0 aliphatic carbocycles. The molecule has 1 aliphatic rings. The lowest BCUT2D eigenvalue weighted by Gasteiger charge is -2.32. The standard InChI is InChI=1S/C44H81NO2/c1-6-9-11-13-15-17-19-21-23-25-27-29-31-33-35-37-39-44(46-41-43(47-44)42(8-3)45(4)5)40-38-36-34-32-30-28-26-24-22-20-18-16-14-12-10-7-2/h15-18,21-24,42-43H,6-14,19-20,25-41H2,1-5H3/b17-15-,18-16-,23-21-,24-22-. The maximum absolute atomic E-state index is 6.82. The van der Waals surface area contributed by atoms with Gasteiger partial charge in [0.2, 0.25) is 0 Å². The van der Waals surface area contributed by atoms with Crippen molar-refractivity contribution in [3.05, 3.63) is 48.6 Å². The molecule has 0 aromatic carbocycles. The van der Waals surface area contributed by atoms with Gasteiger partial charge < -0.3 is 14.4 Å². The predicted octanol–water partition coefficient (Wildman–Crippen LogP) is 13.8. The molecule has 0 radical (unpaired) electrons. The molecule has 0 bridgehead atoms. The van der Waals surface area contributed by atoms with Crippen LogP contribution in [0.2, 0.25) is 0 Å². The minimum Gasteiger partial charge on any atom is -0.347 e. The molecule has 0 N–H and O–H groups in total. The second-order valence-corrected chi connectivity index (χ2v) is 14.5. The highest BCUT2D eigenvalue weighted by atomic mass is 16.7. The second-order valence-electron chi connectivity index (χ2n) is 14.5. The highest BCUT2D eigenvalue weighted by Gasteiger charge is 2.43. The smallest absolute Gasteiger partial charge is 0.168 e. The van der Waals surface area contributed by atoms with E-state index in [1.807, 2.05) is 0 Å². The summed E-state index contributed by atoms with van der Waals surface area (Å²) < 4.78 is 13.4. The van der Waals surface area contributed by atoms with E-state index >= 15 is 0 Å². The van der Waals surface area contributed by atoms with Crippen LogP contribution in [0.4, 0.5) is 0 Å². The van der Waals surface area contributed by atoms with Gasteiger partial charge in [-0.25, -0.2) is 0 Å². The van der Waals surface area contributed by atoms with Gasteiger partial charge in [-0.2, -0.15) is 0 Å². The Bertz CT molecular complexity index is 734. The third-order valence-corrected chi connectivity index (χ3v) is 9.90. The van der Waals surface area contributed by atoms with E-state index in [1.165, 1.54) is 141 Å². The van der Waals surface area contributed by atoms with E-state index in [4.69, 9.17) is 9.47 Å². The van der Waals surface area contributed by atoms with Crippen LogP contribution in [0.3, 0.4) is 0 Å². The van der Waals surface area contributed by atoms with Crippen molar-refractivity contribution in [1.82, 2.24) is 4.90 Å². The van der Waals surface area contributed by atoms with Crippen molar-refractivity contribution in [3.8, 4) is 0 Å². The normalized spacial score (nSPS) is 17.5. The van der Waals surface area contributed by atoms with Crippen LogP contribution in [0.5, 0.6) is 0 Å². The summed E-state index contributed by atoms with van der Waals surface area (Å²) in [7, 11) is 4.37. The van der Waals surface area contributed by atoms with Crippen molar-refractivity contribution >= 4 is 0 Å². The molecule has 274 valence electrons. The number of ether oxygens (including phenoxy) is 2. The van der Waals surface area contributed by atoms with Crippen molar-refractivity contribution < 1.29 is 9.47 Å². The molecule has 2 unspecified atom stereocenters. The van der Waals surface area contributed by atoms with E-state index in [0.717, 1.165) is 38.7 Å². The molecule has 0 saturated carbocycles. The Hall–Kier alpha value is -1.16. The van der Waals surface area contributed by atoms with Crippen LogP contribution in [0.15, 0.2) is 48.6 Å². The van der Waals surface area contributed by atoms with Gasteiger partial charge in [-0.1, -0.05) is 146 Å². The van der Waals surface area contributed by atoms with Crippen LogP contribution in [0.1, 0.15) is 194 Å². The maximum atomic E-state index is 6.82. The largest absolute Gasteiger partial charge is 0.347 e. The van der Waals surface area contributed by atoms with Gasteiger partial charge in [0.1, 0.15) is 0 Å². The fraction of sp³-hybridized carbons (Fsp3) is 0.818. The molecule has 0 amide bonds. The molecule has 1 rings (SSSR count). The molecule has 1 aliphatic heterocycles. The lowest BCUT2D eigenvalue weighted by Crippen LogP contribution is -2.41. The zero-order chi connectivity index (χ0) is 34.1. The summed E-state index contributed by atoms with van der Waals surface area (Å²) in [6, 6.07) is 0.434. The van der Waals surface area contributed by atoms with E-state index in [2.05, 4.69) is 88.4 Å². The number of hydrogen-bond donors (Lipinski definition) is 0. The third-order valence-electron chi connectivity index (χ3n) is 9.90. The Morgan fingerprint density at radius 2 is 0.915 bits per heavy atom. The highest BCUT2D eigenvalue weighted by molar-refractivity contribution is 4.93. The van der Waals surface area contributed by atoms with E-state index in [9.17, 15) is 0 Å². The first-order valence-corrected chi connectivity index (χ1v) is 20.7. The van der Waals surface area contributed by atoms with Crippen molar-refractivity contribution in [2.24, 2.45) is 0 Å². The Balaban J connectivity index is 2.23. The van der Waals surface area contributed by atoms with E-state index < -0.39 is 0 Å². The van der Waals surface area contributed by atoms with Crippen molar-refractivity contribution in [2.75, 3.05) is 20.7 Å². The molecule has 3 heteroatoms. The van der Waals surface area contributed by atoms with Crippen LogP contribution >= 0.6 is 0 Å². The quantitative estimate of drug-likeness (QED) is 0.0519. The lowest BCUT2D eigenvalue weighted by atomic mass is 9.98. The molecular weight excluding hydrogens is 574 g/mol. The molecule has 0 aromatic heterocycles. The van der Waals surface area contributed by atoms with Gasteiger partial charge in [-0.3, -0.25) is 0 Å². The average molecular weight is 656 g/mol. The molecule has 47 heavy (non-hydrogen) atoms. The first-order valence-electron chi connectivity index (χ1n) is 20.7. The van der Waals surface area contributed by atoms with E-state index in [0.29, 0.717) is 6.04 Å². The van der Waals surface area contributed by atoms with Crippen LogP contribution in [-0.2, 0) is 9.47 Å². The Labute approximate surface area is 295 Å². The zero-order valence-electron chi connectivity index (χ0n) is 32.3. The number of nitrogens with zero attached hydrogens (tertiary/aromatic N) is 1. The van der Waals surface area contributed by atoms with Crippen molar-refractivity contribution in [2.45, 2.75) is 212 Å². The summed E-state index contributed by atoms with van der Waals surface area (Å²) in [6.45, 7) is 7.57. The SMILES string of the molecule is CCCCC/C=C\C/C=C\CCCCCCCCC1(CCCCCCCC/C=C\C/C=C\CCCCC)OCC(C(CC)N(C)C)O1. The minimum absolute atomic E-state index is 0.198. The Morgan fingerprint density at radius 1 is 0.532 bits per heavy atom. The number of unbranched alkanes of at least 4 members (excludes halogenated alkanes) is 18. The first kappa shape index (κ1) is 43.9. The molecule has 3 nitrogen and oxygen atoms in total. The molecular formula is C44H81NO2. The van der Waals surface area contributed by atoms with Gasteiger partial charge in [0, 0.05) is 18.9 Å². The fourth-order valence-corrected chi connectivity index (χ4v) is 6.88. The maximum Gasteiger partial charge on any atom is 0.168 e.